The van der Waals surface area contributed by atoms with E-state index < -0.39 is 12.2 Å². The third-order valence-corrected chi connectivity index (χ3v) is 11.2. The van der Waals surface area contributed by atoms with Crippen LogP contribution in [0.5, 0.6) is 11.5 Å². The van der Waals surface area contributed by atoms with Gasteiger partial charge in [0, 0.05) is 61.4 Å². The molecule has 9 N–H and O–H groups in total. The minimum atomic E-state index is -0.877. The zero-order valence-corrected chi connectivity index (χ0v) is 30.6. The van der Waals surface area contributed by atoms with E-state index in [0.717, 1.165) is 105 Å². The minimum absolute atomic E-state index is 0.00528. The van der Waals surface area contributed by atoms with E-state index in [2.05, 4.69) is 16.4 Å². The number of phenolic OH excluding ortho intramolecular Hbond substituents is 1. The van der Waals surface area contributed by atoms with Crippen molar-refractivity contribution in [3.63, 3.8) is 0 Å². The Kier molecular flexibility index (Phi) is 15.3. The number of H-pyrrole nitrogens is 1. The Labute approximate surface area is 303 Å². The van der Waals surface area contributed by atoms with E-state index in [1.807, 2.05) is 18.2 Å². The van der Waals surface area contributed by atoms with E-state index in [0.29, 0.717) is 37.0 Å². The number of aromatic amines is 1. The maximum atomic E-state index is 11.2. The van der Waals surface area contributed by atoms with E-state index in [4.69, 9.17) is 20.0 Å². The van der Waals surface area contributed by atoms with Crippen molar-refractivity contribution in [3.8, 4) is 11.5 Å². The lowest BCUT2D eigenvalue weighted by atomic mass is 9.80. The summed E-state index contributed by atoms with van der Waals surface area (Å²) in [5.41, 5.74) is 11.1. The maximum Gasteiger partial charge on any atom is 0.161 e. The van der Waals surface area contributed by atoms with Gasteiger partial charge in [0.2, 0.25) is 0 Å². The van der Waals surface area contributed by atoms with Crippen molar-refractivity contribution < 1.29 is 34.7 Å². The first-order valence-corrected chi connectivity index (χ1v) is 19.6. The number of aromatic hydroxyl groups is 1. The highest BCUT2D eigenvalue weighted by Crippen LogP contribution is 2.47. The van der Waals surface area contributed by atoms with Gasteiger partial charge in [0.05, 0.1) is 12.7 Å². The SMILES string of the molecule is C[C@H](O)CNC[C@@H]1c2cc([C@@H](O)COc3cc(CCc4cc(CO)c(CCCCCC[C@H](N)CCCO)o4)ccc3O)[nH]c2CC[C@H]2CCC[C@@H]21. The Bertz CT molecular complexity index is 1470. The molecule has 51 heavy (non-hydrogen) atoms. The number of rotatable bonds is 22. The molecule has 2 heterocycles. The molecule has 1 saturated carbocycles. The lowest BCUT2D eigenvalue weighted by molar-refractivity contribution is 0.103. The molecule has 0 radical (unpaired) electrons. The predicted octanol–water partition coefficient (Wildman–Crippen LogP) is 5.71. The van der Waals surface area contributed by atoms with Crippen molar-refractivity contribution in [2.45, 2.75) is 134 Å². The number of aryl methyl sites for hydroxylation is 4. The molecule has 2 aliphatic carbocycles. The Hall–Kier alpha value is -2.86. The molecule has 284 valence electrons. The Morgan fingerprint density at radius 2 is 1.80 bits per heavy atom. The summed E-state index contributed by atoms with van der Waals surface area (Å²) < 4.78 is 12.2. The zero-order chi connectivity index (χ0) is 36.2. The van der Waals surface area contributed by atoms with Crippen LogP contribution in [0, 0.1) is 11.8 Å². The quantitative estimate of drug-likeness (QED) is 0.0607. The normalized spacial score (nSPS) is 20.5. The number of furan rings is 1. The van der Waals surface area contributed by atoms with Crippen molar-refractivity contribution in [2.24, 2.45) is 17.6 Å². The summed E-state index contributed by atoms with van der Waals surface area (Å²) in [4.78, 5) is 3.53. The monoisotopic (exact) mass is 709 g/mol. The largest absolute Gasteiger partial charge is 0.504 e. The molecule has 3 aromatic rings. The standard InChI is InChI=1S/C41H63N3O7/c1-27(47)23-43-24-35-33-11-6-8-29(33)15-17-36-34(35)22-37(44-36)39(49)26-50-41-20-28(14-18-38(41)48)13-16-32-21-30(25-46)40(51-32)12-5-3-2-4-9-31(42)10-7-19-45/h14,18,20-22,27,29,31,33,35,39,43-49H,2-13,15-17,19,23-26,42H2,1H3/t27-,29+,31-,33-,35-,39-/m0/s1. The van der Waals surface area contributed by atoms with Crippen LogP contribution in [0.1, 0.15) is 129 Å². The second-order valence-electron chi connectivity index (χ2n) is 15.2. The van der Waals surface area contributed by atoms with Crippen LogP contribution in [0.15, 0.2) is 34.7 Å². The summed E-state index contributed by atoms with van der Waals surface area (Å²) in [6.45, 7) is 3.34. The van der Waals surface area contributed by atoms with Crippen LogP contribution in [0.3, 0.4) is 0 Å². The second-order valence-corrected chi connectivity index (χ2v) is 15.2. The minimum Gasteiger partial charge on any atom is -0.504 e. The number of unbranched alkanes of at least 4 members (excludes halogenated alkanes) is 3. The summed E-state index contributed by atoms with van der Waals surface area (Å²) in [6.07, 6.45) is 13.6. The van der Waals surface area contributed by atoms with E-state index in [9.17, 15) is 20.4 Å². The molecule has 0 bridgehead atoms. The van der Waals surface area contributed by atoms with Crippen LogP contribution < -0.4 is 15.8 Å². The molecular formula is C41H63N3O7. The third-order valence-electron chi connectivity index (χ3n) is 11.2. The smallest absolute Gasteiger partial charge is 0.161 e. The van der Waals surface area contributed by atoms with Crippen LogP contribution in [0.2, 0.25) is 0 Å². The van der Waals surface area contributed by atoms with Crippen LogP contribution in [0.25, 0.3) is 0 Å². The summed E-state index contributed by atoms with van der Waals surface area (Å²) in [5, 5.41) is 54.0. The van der Waals surface area contributed by atoms with Gasteiger partial charge < -0.3 is 50.7 Å². The van der Waals surface area contributed by atoms with Crippen LogP contribution >= 0.6 is 0 Å². The number of ether oxygens (including phenoxy) is 1. The molecule has 2 aliphatic rings. The number of nitrogens with two attached hydrogens (primary N) is 1. The van der Waals surface area contributed by atoms with Crippen LogP contribution in [-0.2, 0) is 32.3 Å². The topological polar surface area (TPSA) is 177 Å². The molecule has 0 unspecified atom stereocenters. The number of benzene rings is 1. The fourth-order valence-electron chi connectivity index (χ4n) is 8.37. The van der Waals surface area contributed by atoms with Crippen molar-refractivity contribution in [3.05, 3.63) is 69.9 Å². The number of aliphatic hydroxyl groups excluding tert-OH is 4. The highest BCUT2D eigenvalue weighted by atomic mass is 16.5. The second kappa shape index (κ2) is 19.8. The van der Waals surface area contributed by atoms with Crippen molar-refractivity contribution in [2.75, 3.05) is 26.3 Å². The number of aromatic nitrogens is 1. The summed E-state index contributed by atoms with van der Waals surface area (Å²) >= 11 is 0. The Balaban J connectivity index is 1.12. The first-order valence-electron chi connectivity index (χ1n) is 19.6. The number of aliphatic hydroxyl groups is 4. The van der Waals surface area contributed by atoms with Gasteiger partial charge in [-0.15, -0.1) is 0 Å². The highest BCUT2D eigenvalue weighted by Gasteiger charge is 2.38. The average molecular weight is 710 g/mol. The average Bonchev–Trinajstić information content (AvgIpc) is 3.85. The Morgan fingerprint density at radius 1 is 0.980 bits per heavy atom. The van der Waals surface area contributed by atoms with Gasteiger partial charge in [0.1, 0.15) is 24.2 Å². The van der Waals surface area contributed by atoms with Gasteiger partial charge in [-0.1, -0.05) is 38.2 Å². The number of hydrogen-bond acceptors (Lipinski definition) is 9. The zero-order valence-electron chi connectivity index (χ0n) is 30.6. The molecule has 0 spiro atoms. The van der Waals surface area contributed by atoms with Crippen molar-refractivity contribution in [1.29, 1.82) is 0 Å². The molecule has 10 nitrogen and oxygen atoms in total. The maximum absolute atomic E-state index is 11.2. The highest BCUT2D eigenvalue weighted by molar-refractivity contribution is 5.42. The number of fused-ring (bicyclic) bond motifs is 2. The third kappa shape index (κ3) is 11.3. The molecule has 0 saturated heterocycles. The van der Waals surface area contributed by atoms with Crippen LogP contribution in [0.4, 0.5) is 0 Å². The molecule has 1 aromatic carbocycles. The number of nitrogens with one attached hydrogen (secondary N) is 2. The fourth-order valence-corrected chi connectivity index (χ4v) is 8.37. The van der Waals surface area contributed by atoms with Gasteiger partial charge in [-0.05, 0) is 106 Å². The number of hydrogen-bond donors (Lipinski definition) is 8. The van der Waals surface area contributed by atoms with E-state index in [1.165, 1.54) is 30.5 Å². The summed E-state index contributed by atoms with van der Waals surface area (Å²) in [7, 11) is 0. The molecule has 5 rings (SSSR count). The lowest BCUT2D eigenvalue weighted by Crippen LogP contribution is -2.32. The van der Waals surface area contributed by atoms with Crippen molar-refractivity contribution in [1.82, 2.24) is 10.3 Å². The van der Waals surface area contributed by atoms with Crippen molar-refractivity contribution >= 4 is 0 Å². The first kappa shape index (κ1) is 39.3. The van der Waals surface area contributed by atoms with E-state index in [1.54, 1.807) is 13.0 Å². The molecular weight excluding hydrogens is 646 g/mol. The summed E-state index contributed by atoms with van der Waals surface area (Å²) in [6, 6.07) is 9.55. The van der Waals surface area contributed by atoms with Crippen LogP contribution in [-0.4, -0.2) is 69.0 Å². The Morgan fingerprint density at radius 3 is 2.61 bits per heavy atom. The predicted molar refractivity (Wildman–Crippen MR) is 199 cm³/mol. The lowest BCUT2D eigenvalue weighted by Gasteiger charge is -2.27. The molecule has 0 aliphatic heterocycles. The fraction of sp³-hybridized carbons (Fsp3) is 0.659. The first-order chi connectivity index (χ1) is 24.7. The van der Waals surface area contributed by atoms with Gasteiger partial charge in [-0.2, -0.15) is 0 Å². The van der Waals surface area contributed by atoms with E-state index >= 15 is 0 Å². The van der Waals surface area contributed by atoms with Gasteiger partial charge in [0.15, 0.2) is 11.5 Å². The van der Waals surface area contributed by atoms with Gasteiger partial charge in [-0.3, -0.25) is 0 Å². The van der Waals surface area contributed by atoms with Gasteiger partial charge in [0.25, 0.3) is 0 Å². The number of phenols is 1. The van der Waals surface area contributed by atoms with Gasteiger partial charge in [-0.25, -0.2) is 0 Å². The van der Waals surface area contributed by atoms with Gasteiger partial charge >= 0.3 is 0 Å². The molecule has 6 atom stereocenters. The molecule has 1 fully saturated rings. The molecule has 10 heteroatoms. The molecule has 0 amide bonds. The van der Waals surface area contributed by atoms with E-state index in [-0.39, 0.29) is 31.6 Å². The summed E-state index contributed by atoms with van der Waals surface area (Å²) in [5.74, 6) is 3.71. The molecule has 2 aromatic heterocycles.